The summed E-state index contributed by atoms with van der Waals surface area (Å²) in [6.07, 6.45) is 0. The highest BCUT2D eigenvalue weighted by molar-refractivity contribution is 5.81. The van der Waals surface area contributed by atoms with Crippen molar-refractivity contribution in [2.45, 2.75) is 13.8 Å². The minimum absolute atomic E-state index is 0.114. The Kier molecular flexibility index (Phi) is 5.30. The summed E-state index contributed by atoms with van der Waals surface area (Å²) in [6.45, 7) is 4.10. The van der Waals surface area contributed by atoms with Crippen molar-refractivity contribution in [1.82, 2.24) is 19.3 Å². The van der Waals surface area contributed by atoms with Gasteiger partial charge < -0.3 is 0 Å². The lowest BCUT2D eigenvalue weighted by Crippen LogP contribution is -2.22. The molecule has 6 rings (SSSR count). The van der Waals surface area contributed by atoms with E-state index in [0.717, 1.165) is 33.9 Å². The molecule has 0 atom stereocenters. The predicted molar refractivity (Wildman–Crippen MR) is 145 cm³/mol. The van der Waals surface area contributed by atoms with E-state index in [1.165, 1.54) is 5.56 Å². The second-order valence-corrected chi connectivity index (χ2v) is 8.96. The van der Waals surface area contributed by atoms with Gasteiger partial charge in [-0.1, -0.05) is 77.9 Å². The van der Waals surface area contributed by atoms with Crippen LogP contribution >= 0.6 is 0 Å². The van der Waals surface area contributed by atoms with Gasteiger partial charge in [-0.3, -0.25) is 9.36 Å². The molecule has 0 saturated heterocycles. The van der Waals surface area contributed by atoms with Crippen molar-refractivity contribution >= 4 is 10.9 Å². The summed E-state index contributed by atoms with van der Waals surface area (Å²) in [6, 6.07) is 35.7. The van der Waals surface area contributed by atoms with E-state index < -0.39 is 0 Å². The quantitative estimate of drug-likeness (QED) is 0.296. The van der Waals surface area contributed by atoms with Crippen LogP contribution in [-0.4, -0.2) is 19.3 Å². The number of hydrogen-bond donors (Lipinski definition) is 0. The lowest BCUT2D eigenvalue weighted by molar-refractivity contribution is 0.865. The largest absolute Gasteiger partial charge is 0.268 e. The molecular formula is C31H24N4O. The highest BCUT2D eigenvalue weighted by Crippen LogP contribution is 2.30. The molecule has 0 bridgehead atoms. The van der Waals surface area contributed by atoms with Crippen LogP contribution in [0, 0.1) is 13.8 Å². The molecule has 6 aromatic rings. The van der Waals surface area contributed by atoms with Gasteiger partial charge in [0.1, 0.15) is 5.69 Å². The van der Waals surface area contributed by atoms with Gasteiger partial charge in [-0.25, -0.2) is 9.67 Å². The maximum atomic E-state index is 13.9. The summed E-state index contributed by atoms with van der Waals surface area (Å²) >= 11 is 0. The summed E-state index contributed by atoms with van der Waals surface area (Å²) in [5.41, 5.74) is 7.05. The Morgan fingerprint density at radius 1 is 0.667 bits per heavy atom. The Morgan fingerprint density at radius 2 is 1.31 bits per heavy atom. The van der Waals surface area contributed by atoms with Gasteiger partial charge >= 0.3 is 0 Å². The second-order valence-electron chi connectivity index (χ2n) is 8.96. The average Bonchev–Trinajstić information content (AvgIpc) is 3.36. The van der Waals surface area contributed by atoms with Crippen molar-refractivity contribution in [3.8, 4) is 34.2 Å². The van der Waals surface area contributed by atoms with Gasteiger partial charge in [0.25, 0.3) is 5.56 Å². The van der Waals surface area contributed by atoms with Crippen LogP contribution in [0.15, 0.2) is 114 Å². The Morgan fingerprint density at radius 3 is 2.03 bits per heavy atom. The Bertz CT molecular complexity index is 1750. The van der Waals surface area contributed by atoms with Crippen LogP contribution in [0.1, 0.15) is 11.1 Å². The zero-order chi connectivity index (χ0) is 24.6. The van der Waals surface area contributed by atoms with Crippen molar-refractivity contribution in [3.05, 3.63) is 131 Å². The van der Waals surface area contributed by atoms with Gasteiger partial charge in [-0.15, -0.1) is 0 Å². The number of hydrogen-bond acceptors (Lipinski definition) is 3. The standard InChI is InChI=1S/C31H24N4O/c1-21-12-16-23(17-13-21)28-20-29(35(33-28)25-8-4-3-5-9-25)30-32-27-11-7-6-10-26(27)31(36)34(30)24-18-14-22(2)15-19-24/h3-20H,1-2H3. The highest BCUT2D eigenvalue weighted by atomic mass is 16.1. The number of aromatic nitrogens is 4. The first kappa shape index (κ1) is 21.7. The van der Waals surface area contributed by atoms with Gasteiger partial charge in [0.2, 0.25) is 0 Å². The lowest BCUT2D eigenvalue weighted by Gasteiger charge is -2.15. The summed E-state index contributed by atoms with van der Waals surface area (Å²) in [7, 11) is 0. The molecule has 0 aliphatic rings. The molecule has 174 valence electrons. The monoisotopic (exact) mass is 468 g/mol. The maximum Gasteiger partial charge on any atom is 0.266 e. The van der Waals surface area contributed by atoms with Gasteiger partial charge in [0, 0.05) is 5.56 Å². The van der Waals surface area contributed by atoms with Gasteiger partial charge in [0.15, 0.2) is 5.82 Å². The van der Waals surface area contributed by atoms with Gasteiger partial charge in [-0.05, 0) is 56.3 Å². The van der Waals surface area contributed by atoms with Crippen molar-refractivity contribution in [2.75, 3.05) is 0 Å². The summed E-state index contributed by atoms with van der Waals surface area (Å²) in [5.74, 6) is 0.539. The molecule has 0 N–H and O–H groups in total. The molecule has 5 nitrogen and oxygen atoms in total. The van der Waals surface area contributed by atoms with Gasteiger partial charge in [0.05, 0.1) is 28.0 Å². The van der Waals surface area contributed by atoms with Crippen LogP contribution < -0.4 is 5.56 Å². The van der Waals surface area contributed by atoms with Crippen LogP contribution in [0.4, 0.5) is 0 Å². The van der Waals surface area contributed by atoms with Crippen molar-refractivity contribution in [1.29, 1.82) is 0 Å². The molecule has 0 fully saturated rings. The van der Waals surface area contributed by atoms with Crippen LogP contribution in [0.2, 0.25) is 0 Å². The molecule has 2 aromatic heterocycles. The van der Waals surface area contributed by atoms with E-state index >= 15 is 0 Å². The molecular weight excluding hydrogens is 444 g/mol. The third-order valence-electron chi connectivity index (χ3n) is 6.35. The first-order valence-corrected chi connectivity index (χ1v) is 11.9. The number of para-hydroxylation sites is 2. The lowest BCUT2D eigenvalue weighted by atomic mass is 10.1. The maximum absolute atomic E-state index is 13.9. The number of aryl methyl sites for hydroxylation is 2. The van der Waals surface area contributed by atoms with E-state index in [0.29, 0.717) is 16.7 Å². The molecule has 2 heterocycles. The Balaban J connectivity index is 1.69. The molecule has 36 heavy (non-hydrogen) atoms. The van der Waals surface area contributed by atoms with Crippen LogP contribution in [-0.2, 0) is 0 Å². The fourth-order valence-electron chi connectivity index (χ4n) is 4.41. The SMILES string of the molecule is Cc1ccc(-c2cc(-c3nc4ccccc4c(=O)n3-c3ccc(C)cc3)n(-c3ccccc3)n2)cc1. The van der Waals surface area contributed by atoms with Crippen LogP contribution in [0.25, 0.3) is 45.1 Å². The van der Waals surface area contributed by atoms with Crippen LogP contribution in [0.3, 0.4) is 0 Å². The van der Waals surface area contributed by atoms with E-state index in [-0.39, 0.29) is 5.56 Å². The molecule has 0 amide bonds. The molecule has 0 saturated carbocycles. The van der Waals surface area contributed by atoms with E-state index in [4.69, 9.17) is 10.1 Å². The molecule has 0 unspecified atom stereocenters. The number of rotatable bonds is 4. The predicted octanol–water partition coefficient (Wildman–Crippen LogP) is 6.52. The minimum atomic E-state index is -0.114. The number of nitrogens with zero attached hydrogens (tertiary/aromatic N) is 4. The van der Waals surface area contributed by atoms with E-state index in [9.17, 15) is 4.79 Å². The van der Waals surface area contributed by atoms with Crippen molar-refractivity contribution in [3.63, 3.8) is 0 Å². The zero-order valence-electron chi connectivity index (χ0n) is 20.1. The second kappa shape index (κ2) is 8.78. The van der Waals surface area contributed by atoms with Gasteiger partial charge in [-0.2, -0.15) is 5.10 Å². The zero-order valence-corrected chi connectivity index (χ0v) is 20.1. The number of fused-ring (bicyclic) bond motifs is 1. The third-order valence-corrected chi connectivity index (χ3v) is 6.35. The summed E-state index contributed by atoms with van der Waals surface area (Å²) in [5, 5.41) is 5.55. The molecule has 0 aliphatic heterocycles. The molecule has 0 spiro atoms. The van der Waals surface area contributed by atoms with Crippen molar-refractivity contribution < 1.29 is 0 Å². The fraction of sp³-hybridized carbons (Fsp3) is 0.0645. The van der Waals surface area contributed by atoms with E-state index in [1.807, 2.05) is 96.5 Å². The summed E-state index contributed by atoms with van der Waals surface area (Å²) < 4.78 is 3.56. The third kappa shape index (κ3) is 3.81. The average molecular weight is 469 g/mol. The first-order chi connectivity index (χ1) is 17.6. The van der Waals surface area contributed by atoms with Crippen LogP contribution in [0.5, 0.6) is 0 Å². The van der Waals surface area contributed by atoms with E-state index in [2.05, 4.69) is 31.2 Å². The minimum Gasteiger partial charge on any atom is -0.268 e. The van der Waals surface area contributed by atoms with Crippen molar-refractivity contribution in [2.24, 2.45) is 0 Å². The Labute approximate surface area is 208 Å². The Hall–Kier alpha value is -4.77. The normalized spacial score (nSPS) is 11.2. The smallest absolute Gasteiger partial charge is 0.266 e. The summed E-state index contributed by atoms with van der Waals surface area (Å²) in [4.78, 5) is 18.9. The highest BCUT2D eigenvalue weighted by Gasteiger charge is 2.21. The number of benzene rings is 4. The molecule has 0 radical (unpaired) electrons. The molecule has 4 aromatic carbocycles. The molecule has 5 heteroatoms. The van der Waals surface area contributed by atoms with E-state index in [1.54, 1.807) is 4.57 Å². The first-order valence-electron chi connectivity index (χ1n) is 11.9. The topological polar surface area (TPSA) is 52.7 Å². The molecule has 0 aliphatic carbocycles. The fourth-order valence-corrected chi connectivity index (χ4v) is 4.41.